The largest absolute Gasteiger partial charge is 0.341 e. The molecule has 20 heavy (non-hydrogen) atoms. The highest BCUT2D eigenvalue weighted by Gasteiger charge is 2.44. The summed E-state index contributed by atoms with van der Waals surface area (Å²) in [6.07, 6.45) is 4.03. The minimum Gasteiger partial charge on any atom is -0.341 e. The summed E-state index contributed by atoms with van der Waals surface area (Å²) in [6, 6.07) is 7.19. The minimum absolute atomic E-state index is 0.176. The third-order valence-corrected chi connectivity index (χ3v) is 4.29. The molecule has 1 aromatic rings. The quantitative estimate of drug-likeness (QED) is 0.493. The highest BCUT2D eigenvalue weighted by molar-refractivity contribution is 5.31. The average molecular weight is 278 g/mol. The maximum Gasteiger partial charge on any atom is 0.226 e. The smallest absolute Gasteiger partial charge is 0.226 e. The molecule has 2 fully saturated rings. The second kappa shape index (κ2) is 5.46. The molecule has 1 aliphatic carbocycles. The van der Waals surface area contributed by atoms with Gasteiger partial charge in [0.05, 0.1) is 6.61 Å². The highest BCUT2D eigenvalue weighted by atomic mass is 19.1. The first kappa shape index (κ1) is 13.5. The summed E-state index contributed by atoms with van der Waals surface area (Å²) >= 11 is 0. The van der Waals surface area contributed by atoms with Gasteiger partial charge in [-0.15, -0.1) is 5.11 Å². The van der Waals surface area contributed by atoms with Crippen molar-refractivity contribution in [1.82, 2.24) is 5.32 Å². The van der Waals surface area contributed by atoms with Gasteiger partial charge in [-0.2, -0.15) is 0 Å². The molecule has 2 aliphatic rings. The van der Waals surface area contributed by atoms with Crippen molar-refractivity contribution in [2.45, 2.75) is 43.5 Å². The molecule has 6 heteroatoms. The van der Waals surface area contributed by atoms with Crippen molar-refractivity contribution in [3.63, 3.8) is 0 Å². The Morgan fingerprint density at radius 3 is 2.75 bits per heavy atom. The monoisotopic (exact) mass is 278 g/mol. The van der Waals surface area contributed by atoms with Crippen LogP contribution in [0.4, 0.5) is 4.39 Å². The molecule has 0 radical (unpaired) electrons. The number of ether oxygens (including phenoxy) is 1. The summed E-state index contributed by atoms with van der Waals surface area (Å²) in [5, 5.41) is 10.2. The standard InChI is InChI=1S/C14H19FN4O/c15-11-3-1-10(2-4-11)14(7-8-14)6-5-12-9-20-13(17-12)18-19-16/h1-4,12-13,17H,5-9H2,(H2,16,18)/t12-,13?/m0/s1. The highest BCUT2D eigenvalue weighted by Crippen LogP contribution is 2.52. The number of halogens is 1. The molecule has 1 saturated carbocycles. The molecule has 1 heterocycles. The van der Waals surface area contributed by atoms with E-state index >= 15 is 0 Å². The molecule has 0 amide bonds. The molecule has 1 aliphatic heterocycles. The lowest BCUT2D eigenvalue weighted by molar-refractivity contribution is 0.101. The van der Waals surface area contributed by atoms with Gasteiger partial charge in [0.2, 0.25) is 6.35 Å². The normalized spacial score (nSPS) is 28.1. The van der Waals surface area contributed by atoms with Gasteiger partial charge in [-0.25, -0.2) is 4.39 Å². The Morgan fingerprint density at radius 2 is 2.10 bits per heavy atom. The van der Waals surface area contributed by atoms with Crippen LogP contribution in [-0.4, -0.2) is 19.0 Å². The molecule has 1 unspecified atom stereocenters. The van der Waals surface area contributed by atoms with Crippen LogP contribution in [0.2, 0.25) is 0 Å². The minimum atomic E-state index is -0.411. The van der Waals surface area contributed by atoms with Gasteiger partial charge >= 0.3 is 0 Å². The Bertz CT molecular complexity index is 486. The summed E-state index contributed by atoms with van der Waals surface area (Å²) in [5.74, 6) is 4.83. The lowest BCUT2D eigenvalue weighted by atomic mass is 9.89. The predicted octanol–water partition coefficient (Wildman–Crippen LogP) is 2.24. The fraction of sp³-hybridized carbons (Fsp3) is 0.571. The van der Waals surface area contributed by atoms with Crippen LogP contribution in [0.3, 0.4) is 0 Å². The topological polar surface area (TPSA) is 72.0 Å². The summed E-state index contributed by atoms with van der Waals surface area (Å²) in [6.45, 7) is 0.628. The molecule has 108 valence electrons. The van der Waals surface area contributed by atoms with Crippen LogP contribution < -0.4 is 11.2 Å². The van der Waals surface area contributed by atoms with Crippen molar-refractivity contribution in [1.29, 1.82) is 0 Å². The van der Waals surface area contributed by atoms with E-state index in [9.17, 15) is 4.39 Å². The Morgan fingerprint density at radius 1 is 1.35 bits per heavy atom. The number of hydrogen-bond donors (Lipinski definition) is 2. The number of nitrogens with one attached hydrogen (secondary N) is 1. The molecule has 0 bridgehead atoms. The van der Waals surface area contributed by atoms with E-state index < -0.39 is 6.35 Å². The molecule has 1 saturated heterocycles. The first-order valence-electron chi connectivity index (χ1n) is 6.96. The fourth-order valence-corrected chi connectivity index (χ4v) is 2.89. The average Bonchev–Trinajstić information content (AvgIpc) is 3.11. The molecular weight excluding hydrogens is 259 g/mol. The molecule has 3 N–H and O–H groups in total. The second-order valence-electron chi connectivity index (χ2n) is 5.61. The molecule has 1 aromatic carbocycles. The van der Waals surface area contributed by atoms with E-state index in [0.717, 1.165) is 12.8 Å². The Balaban J connectivity index is 1.55. The molecule has 5 nitrogen and oxygen atoms in total. The third kappa shape index (κ3) is 2.81. The van der Waals surface area contributed by atoms with E-state index in [1.807, 2.05) is 12.1 Å². The van der Waals surface area contributed by atoms with Gasteiger partial charge < -0.3 is 10.6 Å². The van der Waals surface area contributed by atoms with Gasteiger partial charge in [-0.3, -0.25) is 5.32 Å². The van der Waals surface area contributed by atoms with E-state index in [4.69, 9.17) is 10.6 Å². The number of nitrogens with zero attached hydrogens (tertiary/aromatic N) is 2. The zero-order valence-corrected chi connectivity index (χ0v) is 11.3. The zero-order chi connectivity index (χ0) is 14.0. The van der Waals surface area contributed by atoms with E-state index in [1.54, 1.807) is 12.1 Å². The molecule has 0 spiro atoms. The lowest BCUT2D eigenvalue weighted by Gasteiger charge is -2.18. The number of rotatable bonds is 5. The van der Waals surface area contributed by atoms with Crippen molar-refractivity contribution in [2.75, 3.05) is 6.61 Å². The summed E-state index contributed by atoms with van der Waals surface area (Å²) in [4.78, 5) is 0. The third-order valence-electron chi connectivity index (χ3n) is 4.29. The van der Waals surface area contributed by atoms with E-state index in [1.165, 1.54) is 18.4 Å². The van der Waals surface area contributed by atoms with Crippen molar-refractivity contribution in [3.05, 3.63) is 35.6 Å². The van der Waals surface area contributed by atoms with Gasteiger partial charge in [0.15, 0.2) is 0 Å². The van der Waals surface area contributed by atoms with Crippen molar-refractivity contribution in [2.24, 2.45) is 16.2 Å². The molecule has 3 rings (SSSR count). The van der Waals surface area contributed by atoms with Gasteiger partial charge in [-0.1, -0.05) is 17.4 Å². The van der Waals surface area contributed by atoms with E-state index in [0.29, 0.717) is 6.61 Å². The van der Waals surface area contributed by atoms with Crippen LogP contribution in [0, 0.1) is 5.82 Å². The SMILES string of the molecule is NN=NC1N[C@@H](CCC2(c3ccc(F)cc3)CC2)CO1. The van der Waals surface area contributed by atoms with Gasteiger partial charge in [-0.05, 0) is 48.8 Å². The van der Waals surface area contributed by atoms with Gasteiger partial charge in [0.1, 0.15) is 5.82 Å². The van der Waals surface area contributed by atoms with Crippen LogP contribution in [0.25, 0.3) is 0 Å². The van der Waals surface area contributed by atoms with Gasteiger partial charge in [0, 0.05) is 6.04 Å². The van der Waals surface area contributed by atoms with Crippen LogP contribution in [0.15, 0.2) is 34.6 Å². The first-order valence-corrected chi connectivity index (χ1v) is 6.96. The molecule has 0 aromatic heterocycles. The van der Waals surface area contributed by atoms with Crippen molar-refractivity contribution >= 4 is 0 Å². The van der Waals surface area contributed by atoms with E-state index in [-0.39, 0.29) is 17.3 Å². The fourth-order valence-electron chi connectivity index (χ4n) is 2.89. The zero-order valence-electron chi connectivity index (χ0n) is 11.3. The summed E-state index contributed by atoms with van der Waals surface area (Å²) in [5.41, 5.74) is 1.49. The maximum absolute atomic E-state index is 13.0. The maximum atomic E-state index is 13.0. The number of nitrogens with two attached hydrogens (primary N) is 1. The van der Waals surface area contributed by atoms with Crippen LogP contribution >= 0.6 is 0 Å². The van der Waals surface area contributed by atoms with Crippen LogP contribution in [0.1, 0.15) is 31.2 Å². The van der Waals surface area contributed by atoms with E-state index in [2.05, 4.69) is 15.7 Å². The predicted molar refractivity (Wildman–Crippen MR) is 72.3 cm³/mol. The summed E-state index contributed by atoms with van der Waals surface area (Å²) in [7, 11) is 0. The summed E-state index contributed by atoms with van der Waals surface area (Å²) < 4.78 is 18.4. The van der Waals surface area contributed by atoms with Gasteiger partial charge in [0.25, 0.3) is 0 Å². The number of benzene rings is 1. The second-order valence-corrected chi connectivity index (χ2v) is 5.61. The molecule has 2 atom stereocenters. The van der Waals surface area contributed by atoms with Crippen LogP contribution in [0.5, 0.6) is 0 Å². The molecular formula is C14H19FN4O. The van der Waals surface area contributed by atoms with Crippen molar-refractivity contribution < 1.29 is 9.13 Å². The van der Waals surface area contributed by atoms with Crippen LogP contribution in [-0.2, 0) is 10.2 Å². The Labute approximate surface area is 117 Å². The Hall–Kier alpha value is -1.53. The lowest BCUT2D eigenvalue weighted by Crippen LogP contribution is -2.30. The Kier molecular flexibility index (Phi) is 3.67. The van der Waals surface area contributed by atoms with Crippen molar-refractivity contribution in [3.8, 4) is 0 Å². The first-order chi connectivity index (χ1) is 9.72. The number of hydrogen-bond acceptors (Lipinski definition) is 4.